The van der Waals surface area contributed by atoms with Gasteiger partial charge in [0.05, 0.1) is 19.8 Å². The summed E-state index contributed by atoms with van der Waals surface area (Å²) in [4.78, 5) is 0. The lowest BCUT2D eigenvalue weighted by Gasteiger charge is -2.16. The van der Waals surface area contributed by atoms with E-state index in [0.29, 0.717) is 6.61 Å². The van der Waals surface area contributed by atoms with E-state index in [-0.39, 0.29) is 12.0 Å². The SMILES string of the molecule is COc1ccccc1OCCC1Cc2ccccc2C1O. The molecule has 0 radical (unpaired) electrons. The van der Waals surface area contributed by atoms with Crippen molar-refractivity contribution in [2.45, 2.75) is 18.9 Å². The number of hydrogen-bond donors (Lipinski definition) is 1. The van der Waals surface area contributed by atoms with E-state index in [9.17, 15) is 5.11 Å². The molecule has 2 aromatic carbocycles. The number of fused-ring (bicyclic) bond motifs is 1. The Morgan fingerprint density at radius 3 is 2.52 bits per heavy atom. The van der Waals surface area contributed by atoms with Crippen LogP contribution in [0.3, 0.4) is 0 Å². The van der Waals surface area contributed by atoms with E-state index in [4.69, 9.17) is 9.47 Å². The molecule has 0 saturated heterocycles. The first-order valence-electron chi connectivity index (χ1n) is 7.31. The summed E-state index contributed by atoms with van der Waals surface area (Å²) in [6.45, 7) is 0.579. The van der Waals surface area contributed by atoms with Crippen LogP contribution in [0.15, 0.2) is 48.5 Å². The topological polar surface area (TPSA) is 38.7 Å². The minimum absolute atomic E-state index is 0.233. The van der Waals surface area contributed by atoms with Gasteiger partial charge in [-0.15, -0.1) is 0 Å². The molecule has 0 heterocycles. The zero-order valence-electron chi connectivity index (χ0n) is 12.2. The van der Waals surface area contributed by atoms with Gasteiger partial charge in [0.2, 0.25) is 0 Å². The molecule has 0 aromatic heterocycles. The molecular weight excluding hydrogens is 264 g/mol. The molecule has 0 fully saturated rings. The largest absolute Gasteiger partial charge is 0.493 e. The average molecular weight is 284 g/mol. The third-order valence-electron chi connectivity index (χ3n) is 4.12. The van der Waals surface area contributed by atoms with Crippen molar-refractivity contribution >= 4 is 0 Å². The Morgan fingerprint density at radius 2 is 1.76 bits per heavy atom. The number of methoxy groups -OCH3 is 1. The van der Waals surface area contributed by atoms with E-state index in [1.54, 1.807) is 7.11 Å². The maximum absolute atomic E-state index is 10.4. The summed E-state index contributed by atoms with van der Waals surface area (Å²) in [5.41, 5.74) is 2.33. The highest BCUT2D eigenvalue weighted by molar-refractivity contribution is 5.39. The van der Waals surface area contributed by atoms with Crippen LogP contribution in [0.1, 0.15) is 23.7 Å². The Bertz CT molecular complexity index is 609. The third-order valence-corrected chi connectivity index (χ3v) is 4.12. The van der Waals surface area contributed by atoms with Gasteiger partial charge < -0.3 is 14.6 Å². The molecule has 1 aliphatic carbocycles. The molecule has 2 unspecified atom stereocenters. The van der Waals surface area contributed by atoms with Gasteiger partial charge in [-0.3, -0.25) is 0 Å². The minimum Gasteiger partial charge on any atom is -0.493 e. The van der Waals surface area contributed by atoms with Gasteiger partial charge in [-0.25, -0.2) is 0 Å². The highest BCUT2D eigenvalue weighted by Crippen LogP contribution is 2.37. The second-order valence-electron chi connectivity index (χ2n) is 5.40. The molecule has 1 aliphatic rings. The molecule has 2 atom stereocenters. The lowest BCUT2D eigenvalue weighted by atomic mass is 10.0. The number of ether oxygens (including phenoxy) is 2. The molecule has 0 amide bonds. The molecule has 21 heavy (non-hydrogen) atoms. The Kier molecular flexibility index (Phi) is 4.11. The normalized spacial score (nSPS) is 20.1. The monoisotopic (exact) mass is 284 g/mol. The van der Waals surface area contributed by atoms with Gasteiger partial charge in [0.15, 0.2) is 11.5 Å². The fourth-order valence-electron chi connectivity index (χ4n) is 2.97. The van der Waals surface area contributed by atoms with Crippen molar-refractivity contribution in [2.75, 3.05) is 13.7 Å². The van der Waals surface area contributed by atoms with Gasteiger partial charge in [-0.1, -0.05) is 36.4 Å². The van der Waals surface area contributed by atoms with E-state index in [2.05, 4.69) is 6.07 Å². The molecular formula is C18H20O3. The van der Waals surface area contributed by atoms with Crippen LogP contribution in [0.4, 0.5) is 0 Å². The predicted molar refractivity (Wildman–Crippen MR) is 81.7 cm³/mol. The van der Waals surface area contributed by atoms with Gasteiger partial charge >= 0.3 is 0 Å². The van der Waals surface area contributed by atoms with Gasteiger partial charge in [0.25, 0.3) is 0 Å². The summed E-state index contributed by atoms with van der Waals surface area (Å²) in [6.07, 6.45) is 1.38. The number of hydrogen-bond acceptors (Lipinski definition) is 3. The van der Waals surface area contributed by atoms with Crippen LogP contribution in [0.2, 0.25) is 0 Å². The molecule has 3 nitrogen and oxygen atoms in total. The second kappa shape index (κ2) is 6.19. The summed E-state index contributed by atoms with van der Waals surface area (Å²) in [6, 6.07) is 15.8. The summed E-state index contributed by atoms with van der Waals surface area (Å²) < 4.78 is 11.1. The van der Waals surface area contributed by atoms with E-state index < -0.39 is 0 Å². The number of benzene rings is 2. The quantitative estimate of drug-likeness (QED) is 0.915. The van der Waals surface area contributed by atoms with E-state index >= 15 is 0 Å². The van der Waals surface area contributed by atoms with Crippen LogP contribution in [0.5, 0.6) is 11.5 Å². The second-order valence-corrected chi connectivity index (χ2v) is 5.40. The van der Waals surface area contributed by atoms with Crippen molar-refractivity contribution in [1.82, 2.24) is 0 Å². The van der Waals surface area contributed by atoms with Crippen molar-refractivity contribution in [1.29, 1.82) is 0 Å². The fraction of sp³-hybridized carbons (Fsp3) is 0.333. The molecule has 3 heteroatoms. The molecule has 0 bridgehead atoms. The van der Waals surface area contributed by atoms with Crippen LogP contribution < -0.4 is 9.47 Å². The van der Waals surface area contributed by atoms with Gasteiger partial charge in [0.1, 0.15) is 0 Å². The Balaban J connectivity index is 1.58. The fourth-order valence-corrected chi connectivity index (χ4v) is 2.97. The Hall–Kier alpha value is -2.00. The van der Waals surface area contributed by atoms with Crippen molar-refractivity contribution in [3.63, 3.8) is 0 Å². The zero-order valence-corrected chi connectivity index (χ0v) is 12.2. The molecule has 3 rings (SSSR count). The van der Waals surface area contributed by atoms with Crippen LogP contribution in [-0.4, -0.2) is 18.8 Å². The maximum Gasteiger partial charge on any atom is 0.161 e. The zero-order chi connectivity index (χ0) is 14.7. The molecule has 2 aromatic rings. The predicted octanol–water partition coefficient (Wildman–Crippen LogP) is 3.37. The summed E-state index contributed by atoms with van der Waals surface area (Å²) in [5, 5.41) is 10.4. The lowest BCUT2D eigenvalue weighted by molar-refractivity contribution is 0.106. The lowest BCUT2D eigenvalue weighted by Crippen LogP contribution is -2.12. The molecule has 0 spiro atoms. The van der Waals surface area contributed by atoms with Crippen LogP contribution in [0, 0.1) is 5.92 Å². The van der Waals surface area contributed by atoms with E-state index in [1.807, 2.05) is 42.5 Å². The smallest absolute Gasteiger partial charge is 0.161 e. The van der Waals surface area contributed by atoms with E-state index in [1.165, 1.54) is 5.56 Å². The Morgan fingerprint density at radius 1 is 1.05 bits per heavy atom. The minimum atomic E-state index is -0.373. The Labute approximate surface area is 125 Å². The van der Waals surface area contributed by atoms with Crippen LogP contribution >= 0.6 is 0 Å². The van der Waals surface area contributed by atoms with Crippen molar-refractivity contribution in [3.05, 3.63) is 59.7 Å². The van der Waals surface area contributed by atoms with Crippen molar-refractivity contribution in [2.24, 2.45) is 5.92 Å². The molecule has 110 valence electrons. The standard InChI is InChI=1S/C18H20O3/c1-20-16-8-4-5-9-17(16)21-11-10-14-12-13-6-2-3-7-15(13)18(14)19/h2-9,14,18-19H,10-12H2,1H3. The maximum atomic E-state index is 10.4. The van der Waals surface area contributed by atoms with Crippen molar-refractivity contribution in [3.8, 4) is 11.5 Å². The first-order valence-corrected chi connectivity index (χ1v) is 7.31. The highest BCUT2D eigenvalue weighted by Gasteiger charge is 2.30. The van der Waals surface area contributed by atoms with Crippen LogP contribution in [-0.2, 0) is 6.42 Å². The van der Waals surface area contributed by atoms with Crippen LogP contribution in [0.25, 0.3) is 0 Å². The van der Waals surface area contributed by atoms with Gasteiger partial charge in [-0.05, 0) is 42.0 Å². The average Bonchev–Trinajstić information content (AvgIpc) is 2.85. The first-order chi connectivity index (χ1) is 10.3. The number of aliphatic hydroxyl groups is 1. The summed E-state index contributed by atoms with van der Waals surface area (Å²) in [5.74, 6) is 1.73. The number of rotatable bonds is 5. The van der Waals surface area contributed by atoms with E-state index in [0.717, 1.165) is 29.9 Å². The first kappa shape index (κ1) is 14.0. The molecule has 1 N–H and O–H groups in total. The molecule has 0 aliphatic heterocycles. The van der Waals surface area contributed by atoms with Gasteiger partial charge in [0, 0.05) is 0 Å². The number of para-hydroxylation sites is 2. The highest BCUT2D eigenvalue weighted by atomic mass is 16.5. The molecule has 0 saturated carbocycles. The van der Waals surface area contributed by atoms with Gasteiger partial charge in [-0.2, -0.15) is 0 Å². The number of aliphatic hydroxyl groups excluding tert-OH is 1. The summed E-state index contributed by atoms with van der Waals surface area (Å²) in [7, 11) is 1.64. The van der Waals surface area contributed by atoms with Crippen molar-refractivity contribution < 1.29 is 14.6 Å². The third kappa shape index (κ3) is 2.88. The summed E-state index contributed by atoms with van der Waals surface area (Å²) >= 11 is 0.